The van der Waals surface area contributed by atoms with Gasteiger partial charge in [0, 0.05) is 0 Å². The normalized spacial score (nSPS) is 9.93. The minimum atomic E-state index is -0.407. The van der Waals surface area contributed by atoms with Crippen LogP contribution in [0, 0.1) is 10.5 Å². The van der Waals surface area contributed by atoms with Gasteiger partial charge in [0.2, 0.25) is 5.88 Å². The van der Waals surface area contributed by atoms with E-state index in [4.69, 9.17) is 4.74 Å². The zero-order valence-electron chi connectivity index (χ0n) is 7.87. The topological polar surface area (TPSA) is 59.4 Å². The average molecular weight is 307 g/mol. The van der Waals surface area contributed by atoms with Gasteiger partial charge in [-0.25, -0.2) is 9.78 Å². The van der Waals surface area contributed by atoms with Crippen LogP contribution in [0.3, 0.4) is 0 Å². The summed E-state index contributed by atoms with van der Waals surface area (Å²) in [5.74, 6) is -0.466. The van der Waals surface area contributed by atoms with E-state index in [1.807, 2.05) is 22.6 Å². The van der Waals surface area contributed by atoms with Crippen LogP contribution in [0.5, 0.6) is 5.88 Å². The van der Waals surface area contributed by atoms with E-state index in [2.05, 4.69) is 4.98 Å². The number of ether oxygens (including phenoxy) is 1. The van der Waals surface area contributed by atoms with Gasteiger partial charge in [-0.1, -0.05) is 0 Å². The van der Waals surface area contributed by atoms with Crippen LogP contribution in [0.15, 0.2) is 6.07 Å². The fraction of sp³-hybridized carbons (Fsp3) is 0.333. The smallest absolute Gasteiger partial charge is 0.340 e. The van der Waals surface area contributed by atoms with Gasteiger partial charge < -0.3 is 9.84 Å². The van der Waals surface area contributed by atoms with Crippen molar-refractivity contribution in [2.45, 2.75) is 13.8 Å². The lowest BCUT2D eigenvalue weighted by atomic mass is 10.2. The molecular weight excluding hydrogens is 297 g/mol. The molecule has 0 bridgehead atoms. The highest BCUT2D eigenvalue weighted by Gasteiger charge is 2.13. The number of halogens is 1. The minimum absolute atomic E-state index is 0.0591. The van der Waals surface area contributed by atoms with Gasteiger partial charge in [-0.15, -0.1) is 0 Å². The van der Waals surface area contributed by atoms with E-state index in [1.54, 1.807) is 19.9 Å². The third-order valence-electron chi connectivity index (χ3n) is 1.64. The highest BCUT2D eigenvalue weighted by atomic mass is 127. The van der Waals surface area contributed by atoms with E-state index in [9.17, 15) is 9.90 Å². The van der Waals surface area contributed by atoms with Gasteiger partial charge in [-0.2, -0.15) is 0 Å². The molecule has 0 fully saturated rings. The number of hydrogen-bond donors (Lipinski definition) is 1. The Morgan fingerprint density at radius 2 is 2.36 bits per heavy atom. The second kappa shape index (κ2) is 4.59. The van der Waals surface area contributed by atoms with Crippen molar-refractivity contribution in [2.24, 2.45) is 0 Å². The van der Waals surface area contributed by atoms with Crippen molar-refractivity contribution in [1.29, 1.82) is 0 Å². The molecule has 0 atom stereocenters. The lowest BCUT2D eigenvalue weighted by molar-refractivity contribution is 0.0525. The first kappa shape index (κ1) is 11.2. The lowest BCUT2D eigenvalue weighted by Gasteiger charge is -2.05. The Labute approximate surface area is 95.4 Å². The fourth-order valence-corrected chi connectivity index (χ4v) is 1.42. The quantitative estimate of drug-likeness (QED) is 0.669. The van der Waals surface area contributed by atoms with Crippen LogP contribution in [0.4, 0.5) is 0 Å². The average Bonchev–Trinajstić information content (AvgIpc) is 2.11. The SMILES string of the molecule is CCOC(=O)c1cc(I)c(O)nc1C. The minimum Gasteiger partial charge on any atom is -0.493 e. The Bertz CT molecular complexity index is 365. The fourth-order valence-electron chi connectivity index (χ4n) is 0.984. The molecule has 76 valence electrons. The first-order chi connectivity index (χ1) is 6.56. The van der Waals surface area contributed by atoms with Crippen molar-refractivity contribution in [1.82, 2.24) is 4.98 Å². The molecule has 0 saturated heterocycles. The number of aryl methyl sites for hydroxylation is 1. The maximum atomic E-state index is 11.4. The van der Waals surface area contributed by atoms with Crippen LogP contribution >= 0.6 is 22.6 Å². The maximum Gasteiger partial charge on any atom is 0.340 e. The molecule has 0 amide bonds. The standard InChI is InChI=1S/C9H10INO3/c1-3-14-9(13)6-4-7(10)8(12)11-5(6)2/h4H,3H2,1-2H3,(H,11,12). The Hall–Kier alpha value is -0.850. The molecule has 1 aromatic heterocycles. The first-order valence-electron chi connectivity index (χ1n) is 4.09. The molecule has 0 aromatic carbocycles. The molecule has 0 radical (unpaired) electrons. The molecule has 0 aliphatic heterocycles. The molecule has 14 heavy (non-hydrogen) atoms. The van der Waals surface area contributed by atoms with Gasteiger partial charge in [0.25, 0.3) is 0 Å². The summed E-state index contributed by atoms with van der Waals surface area (Å²) in [6.07, 6.45) is 0. The maximum absolute atomic E-state index is 11.4. The molecule has 1 N–H and O–H groups in total. The number of carbonyl (C=O) groups is 1. The summed E-state index contributed by atoms with van der Waals surface area (Å²) in [6.45, 7) is 3.73. The number of rotatable bonds is 2. The molecule has 1 aromatic rings. The van der Waals surface area contributed by atoms with Gasteiger partial charge in [-0.05, 0) is 42.5 Å². The number of hydrogen-bond acceptors (Lipinski definition) is 4. The number of nitrogens with zero attached hydrogens (tertiary/aromatic N) is 1. The third-order valence-corrected chi connectivity index (χ3v) is 2.44. The van der Waals surface area contributed by atoms with Gasteiger partial charge >= 0.3 is 5.97 Å². The number of aromatic hydroxyl groups is 1. The zero-order chi connectivity index (χ0) is 10.7. The summed E-state index contributed by atoms with van der Waals surface area (Å²) in [7, 11) is 0. The molecular formula is C9H10INO3. The Morgan fingerprint density at radius 3 is 2.93 bits per heavy atom. The lowest BCUT2D eigenvalue weighted by Crippen LogP contribution is -2.08. The summed E-state index contributed by atoms with van der Waals surface area (Å²) in [6, 6.07) is 1.57. The van der Waals surface area contributed by atoms with Crippen molar-refractivity contribution in [3.8, 4) is 5.88 Å². The molecule has 0 aliphatic carbocycles. The molecule has 0 spiro atoms. The van der Waals surface area contributed by atoms with Crippen LogP contribution in [-0.4, -0.2) is 22.7 Å². The van der Waals surface area contributed by atoms with Crippen molar-refractivity contribution < 1.29 is 14.6 Å². The van der Waals surface area contributed by atoms with Crippen molar-refractivity contribution in [3.63, 3.8) is 0 Å². The van der Waals surface area contributed by atoms with Crippen molar-refractivity contribution >= 4 is 28.6 Å². The van der Waals surface area contributed by atoms with Crippen LogP contribution in [0.25, 0.3) is 0 Å². The number of esters is 1. The van der Waals surface area contributed by atoms with Gasteiger partial charge in [0.1, 0.15) is 0 Å². The van der Waals surface area contributed by atoms with E-state index < -0.39 is 5.97 Å². The van der Waals surface area contributed by atoms with Crippen LogP contribution in [-0.2, 0) is 4.74 Å². The second-order valence-corrected chi connectivity index (χ2v) is 3.81. The number of aromatic nitrogens is 1. The molecule has 4 nitrogen and oxygen atoms in total. The summed E-state index contributed by atoms with van der Waals surface area (Å²) in [5, 5.41) is 9.27. The van der Waals surface area contributed by atoms with Crippen LogP contribution in [0.1, 0.15) is 23.0 Å². The van der Waals surface area contributed by atoms with Crippen molar-refractivity contribution in [2.75, 3.05) is 6.61 Å². The summed E-state index contributed by atoms with van der Waals surface area (Å²) >= 11 is 1.91. The van der Waals surface area contributed by atoms with E-state index in [0.29, 0.717) is 21.4 Å². The second-order valence-electron chi connectivity index (χ2n) is 2.65. The van der Waals surface area contributed by atoms with E-state index in [-0.39, 0.29) is 5.88 Å². The Kier molecular flexibility index (Phi) is 3.68. The number of pyridine rings is 1. The Morgan fingerprint density at radius 1 is 1.71 bits per heavy atom. The van der Waals surface area contributed by atoms with Gasteiger partial charge in [0.15, 0.2) is 0 Å². The van der Waals surface area contributed by atoms with E-state index >= 15 is 0 Å². The predicted molar refractivity (Wildman–Crippen MR) is 59.3 cm³/mol. The summed E-state index contributed by atoms with van der Waals surface area (Å²) in [4.78, 5) is 15.2. The predicted octanol–water partition coefficient (Wildman–Crippen LogP) is 1.88. The van der Waals surface area contributed by atoms with E-state index in [0.717, 1.165) is 0 Å². The zero-order valence-corrected chi connectivity index (χ0v) is 10.0. The first-order valence-corrected chi connectivity index (χ1v) is 5.17. The molecule has 1 heterocycles. The Balaban J connectivity index is 3.09. The molecule has 5 heteroatoms. The molecule has 0 saturated carbocycles. The highest BCUT2D eigenvalue weighted by Crippen LogP contribution is 2.20. The summed E-state index contributed by atoms with van der Waals surface area (Å²) in [5.41, 5.74) is 0.871. The van der Waals surface area contributed by atoms with Crippen LogP contribution in [0.2, 0.25) is 0 Å². The largest absolute Gasteiger partial charge is 0.493 e. The molecule has 1 rings (SSSR count). The van der Waals surface area contributed by atoms with Gasteiger partial charge in [0.05, 0.1) is 21.4 Å². The van der Waals surface area contributed by atoms with Crippen molar-refractivity contribution in [3.05, 3.63) is 20.9 Å². The number of carbonyl (C=O) groups excluding carboxylic acids is 1. The van der Waals surface area contributed by atoms with Crippen LogP contribution < -0.4 is 0 Å². The molecule has 0 unspecified atom stereocenters. The van der Waals surface area contributed by atoms with Gasteiger partial charge in [-0.3, -0.25) is 0 Å². The monoisotopic (exact) mass is 307 g/mol. The molecule has 0 aliphatic rings. The van der Waals surface area contributed by atoms with E-state index in [1.165, 1.54) is 0 Å². The third kappa shape index (κ3) is 2.34. The summed E-state index contributed by atoms with van der Waals surface area (Å²) < 4.78 is 5.38. The highest BCUT2D eigenvalue weighted by molar-refractivity contribution is 14.1.